The smallest absolute Gasteiger partial charge is 0.0246 e. The largest absolute Gasteiger partial charge is 0.401 e. The highest BCUT2D eigenvalue weighted by molar-refractivity contribution is 7.10. The second-order valence-electron chi connectivity index (χ2n) is 4.57. The summed E-state index contributed by atoms with van der Waals surface area (Å²) in [7, 11) is 0. The fraction of sp³-hybridized carbons (Fsp3) is 0.429. The first-order chi connectivity index (χ1) is 8.29. The molecule has 0 fully saturated rings. The number of thiophene rings is 1. The monoisotopic (exact) mass is 248 g/mol. The lowest BCUT2D eigenvalue weighted by Gasteiger charge is -2.22. The zero-order valence-corrected chi connectivity index (χ0v) is 11.1. The third-order valence-electron chi connectivity index (χ3n) is 3.18. The highest BCUT2D eigenvalue weighted by Gasteiger charge is 2.19. The van der Waals surface area contributed by atoms with E-state index in [0.29, 0.717) is 5.92 Å². The standard InChI is InChI=1S/C14H20N2S/c1-2-6-16-10-13(15)9-11-3-4-14-12(8-11)5-7-17-14/h2,5-7,10-11,16H,3-4,8-9,15H2,1H3/b6-2-,13-10-. The van der Waals surface area contributed by atoms with Crippen LogP contribution in [-0.4, -0.2) is 0 Å². The fourth-order valence-corrected chi connectivity index (χ4v) is 3.27. The maximum Gasteiger partial charge on any atom is 0.0246 e. The molecule has 1 atom stereocenters. The van der Waals surface area contributed by atoms with E-state index in [0.717, 1.165) is 12.1 Å². The molecule has 1 aliphatic carbocycles. The second-order valence-corrected chi connectivity index (χ2v) is 5.57. The molecule has 0 amide bonds. The number of hydrogen-bond donors (Lipinski definition) is 2. The average Bonchev–Trinajstić information content (AvgIpc) is 2.76. The number of nitrogens with two attached hydrogens (primary N) is 1. The summed E-state index contributed by atoms with van der Waals surface area (Å²) >= 11 is 1.90. The van der Waals surface area contributed by atoms with Crippen LogP contribution in [-0.2, 0) is 12.8 Å². The van der Waals surface area contributed by atoms with Crippen LogP contribution in [0.15, 0.2) is 35.6 Å². The first kappa shape index (κ1) is 12.2. The molecule has 0 radical (unpaired) electrons. The number of allylic oxidation sites excluding steroid dienone is 2. The van der Waals surface area contributed by atoms with Crippen LogP contribution in [0.3, 0.4) is 0 Å². The highest BCUT2D eigenvalue weighted by atomic mass is 32.1. The van der Waals surface area contributed by atoms with Crippen molar-refractivity contribution in [2.24, 2.45) is 11.7 Å². The molecular formula is C14H20N2S. The minimum absolute atomic E-state index is 0.709. The van der Waals surface area contributed by atoms with E-state index in [-0.39, 0.29) is 0 Å². The first-order valence-corrected chi connectivity index (χ1v) is 7.04. The zero-order valence-electron chi connectivity index (χ0n) is 10.3. The van der Waals surface area contributed by atoms with Crippen LogP contribution in [0.1, 0.15) is 30.2 Å². The van der Waals surface area contributed by atoms with E-state index in [1.54, 1.807) is 10.4 Å². The summed E-state index contributed by atoms with van der Waals surface area (Å²) in [6.07, 6.45) is 10.5. The van der Waals surface area contributed by atoms with Gasteiger partial charge in [0.1, 0.15) is 0 Å². The number of aryl methyl sites for hydroxylation is 1. The second kappa shape index (κ2) is 5.92. The van der Waals surface area contributed by atoms with E-state index in [1.807, 2.05) is 36.7 Å². The summed E-state index contributed by atoms with van der Waals surface area (Å²) in [5, 5.41) is 5.28. The third-order valence-corrected chi connectivity index (χ3v) is 4.20. The van der Waals surface area contributed by atoms with Gasteiger partial charge in [-0.25, -0.2) is 0 Å². The van der Waals surface area contributed by atoms with Gasteiger partial charge in [0.25, 0.3) is 0 Å². The minimum atomic E-state index is 0.709. The molecule has 0 aliphatic heterocycles. The Labute approximate surface area is 107 Å². The summed E-state index contributed by atoms with van der Waals surface area (Å²) in [5.74, 6) is 0.709. The van der Waals surface area contributed by atoms with Gasteiger partial charge >= 0.3 is 0 Å². The fourth-order valence-electron chi connectivity index (χ4n) is 2.33. The Hall–Kier alpha value is -1.22. The van der Waals surface area contributed by atoms with E-state index in [9.17, 15) is 0 Å². The Morgan fingerprint density at radius 2 is 2.53 bits per heavy atom. The van der Waals surface area contributed by atoms with Crippen molar-refractivity contribution in [3.8, 4) is 0 Å². The van der Waals surface area contributed by atoms with Crippen LogP contribution in [0.5, 0.6) is 0 Å². The first-order valence-electron chi connectivity index (χ1n) is 6.16. The summed E-state index contributed by atoms with van der Waals surface area (Å²) in [4.78, 5) is 1.58. The molecular weight excluding hydrogens is 228 g/mol. The summed E-state index contributed by atoms with van der Waals surface area (Å²) in [6, 6.07) is 2.27. The Kier molecular flexibility index (Phi) is 4.26. The van der Waals surface area contributed by atoms with Crippen LogP contribution < -0.4 is 11.1 Å². The molecule has 1 heterocycles. The van der Waals surface area contributed by atoms with E-state index in [4.69, 9.17) is 5.73 Å². The molecule has 92 valence electrons. The third kappa shape index (κ3) is 3.37. The molecule has 1 aliphatic rings. The molecule has 3 heteroatoms. The predicted octanol–water partition coefficient (Wildman–Crippen LogP) is 3.17. The van der Waals surface area contributed by atoms with Gasteiger partial charge in [0.15, 0.2) is 0 Å². The van der Waals surface area contributed by atoms with Gasteiger partial charge in [-0.3, -0.25) is 0 Å². The number of fused-ring (bicyclic) bond motifs is 1. The molecule has 1 aromatic rings. The van der Waals surface area contributed by atoms with Crippen LogP contribution in [0.25, 0.3) is 0 Å². The van der Waals surface area contributed by atoms with Gasteiger partial charge in [0.2, 0.25) is 0 Å². The van der Waals surface area contributed by atoms with E-state index in [1.165, 1.54) is 19.3 Å². The minimum Gasteiger partial charge on any atom is -0.401 e. The Morgan fingerprint density at radius 1 is 1.65 bits per heavy atom. The molecule has 0 saturated carbocycles. The molecule has 17 heavy (non-hydrogen) atoms. The average molecular weight is 248 g/mol. The molecule has 3 N–H and O–H groups in total. The van der Waals surface area contributed by atoms with E-state index >= 15 is 0 Å². The Balaban J connectivity index is 1.87. The Morgan fingerprint density at radius 3 is 3.35 bits per heavy atom. The van der Waals surface area contributed by atoms with Crippen LogP contribution in [0.4, 0.5) is 0 Å². The van der Waals surface area contributed by atoms with Crippen LogP contribution in [0, 0.1) is 5.92 Å². The van der Waals surface area contributed by atoms with Crippen molar-refractivity contribution in [2.45, 2.75) is 32.6 Å². The molecule has 1 unspecified atom stereocenters. The van der Waals surface area contributed by atoms with Gasteiger partial charge in [0.05, 0.1) is 0 Å². The Bertz CT molecular complexity index is 418. The van der Waals surface area contributed by atoms with Crippen molar-refractivity contribution in [3.05, 3.63) is 46.1 Å². The molecule has 0 aromatic carbocycles. The molecule has 1 aromatic heterocycles. The SMILES string of the molecule is C/C=C\N/C=C(\N)CC1CCc2sccc2C1. The van der Waals surface area contributed by atoms with Crippen molar-refractivity contribution in [1.82, 2.24) is 5.32 Å². The van der Waals surface area contributed by atoms with Gasteiger partial charge < -0.3 is 11.1 Å². The lowest BCUT2D eigenvalue weighted by Crippen LogP contribution is -2.16. The van der Waals surface area contributed by atoms with E-state index in [2.05, 4.69) is 16.8 Å². The lowest BCUT2D eigenvalue weighted by atomic mass is 9.86. The molecule has 0 spiro atoms. The van der Waals surface area contributed by atoms with Crippen molar-refractivity contribution in [2.75, 3.05) is 0 Å². The van der Waals surface area contributed by atoms with Gasteiger partial charge in [0, 0.05) is 16.8 Å². The van der Waals surface area contributed by atoms with Crippen LogP contribution >= 0.6 is 11.3 Å². The predicted molar refractivity (Wildman–Crippen MR) is 74.7 cm³/mol. The highest BCUT2D eigenvalue weighted by Crippen LogP contribution is 2.31. The van der Waals surface area contributed by atoms with Gasteiger partial charge in [-0.2, -0.15) is 0 Å². The quantitative estimate of drug-likeness (QED) is 0.859. The van der Waals surface area contributed by atoms with Crippen molar-refractivity contribution < 1.29 is 0 Å². The molecule has 0 saturated heterocycles. The molecule has 2 rings (SSSR count). The zero-order chi connectivity index (χ0) is 12.1. The summed E-state index contributed by atoms with van der Waals surface area (Å²) < 4.78 is 0. The van der Waals surface area contributed by atoms with Crippen LogP contribution in [0.2, 0.25) is 0 Å². The summed E-state index contributed by atoms with van der Waals surface area (Å²) in [5.41, 5.74) is 8.50. The number of nitrogens with one attached hydrogen (secondary N) is 1. The topological polar surface area (TPSA) is 38.0 Å². The molecule has 2 nitrogen and oxygen atoms in total. The maximum atomic E-state index is 6.01. The van der Waals surface area contributed by atoms with E-state index < -0.39 is 0 Å². The van der Waals surface area contributed by atoms with Gasteiger partial charge in [-0.05, 0) is 61.7 Å². The van der Waals surface area contributed by atoms with Gasteiger partial charge in [-0.15, -0.1) is 11.3 Å². The normalized spacial score (nSPS) is 20.5. The van der Waals surface area contributed by atoms with Crippen molar-refractivity contribution in [1.29, 1.82) is 0 Å². The number of hydrogen-bond acceptors (Lipinski definition) is 3. The molecule has 0 bridgehead atoms. The maximum absolute atomic E-state index is 6.01. The van der Waals surface area contributed by atoms with Crippen molar-refractivity contribution in [3.63, 3.8) is 0 Å². The summed E-state index contributed by atoms with van der Waals surface area (Å²) in [6.45, 7) is 1.98. The van der Waals surface area contributed by atoms with Crippen molar-refractivity contribution >= 4 is 11.3 Å². The number of rotatable bonds is 4. The lowest BCUT2D eigenvalue weighted by molar-refractivity contribution is 0.456. The van der Waals surface area contributed by atoms with Gasteiger partial charge in [-0.1, -0.05) is 6.08 Å².